The van der Waals surface area contributed by atoms with Gasteiger partial charge in [0.15, 0.2) is 18.1 Å². The number of rotatable bonds is 15. The van der Waals surface area contributed by atoms with Crippen LogP contribution in [0.4, 0.5) is 4.79 Å². The number of methoxy groups -OCH3 is 1. The van der Waals surface area contributed by atoms with Crippen LogP contribution >= 0.6 is 0 Å². The Balaban J connectivity index is 1.24. The standard InChI is InChI=1S/C32H36N4O10S/c1-20(2)16-36(47(40,41)23-12-13-28-29(15-23)45-19-44-28)17-26(37)25(33-32(38)39)14-21-8-10-22(11-9-21)43-18-30-34-31(46-35-30)24-6-4-5-7-27(24)42-3/h4-13,15,20,25-26,33,37H,14,16-19H2,1-3H3,(H,38,39)/t25-,26-/m0/s1. The van der Waals surface area contributed by atoms with E-state index >= 15 is 0 Å². The minimum atomic E-state index is -4.08. The monoisotopic (exact) mass is 668 g/mol. The summed E-state index contributed by atoms with van der Waals surface area (Å²) in [6.07, 6.45) is -2.64. The predicted molar refractivity (Wildman–Crippen MR) is 168 cm³/mol. The highest BCUT2D eigenvalue weighted by Gasteiger charge is 2.32. The van der Waals surface area contributed by atoms with Gasteiger partial charge in [-0.25, -0.2) is 13.2 Å². The van der Waals surface area contributed by atoms with Gasteiger partial charge in [-0.3, -0.25) is 0 Å². The SMILES string of the molecule is COc1ccccc1-c1nc(COc2ccc(C[C@H](NC(=O)O)[C@@H](O)CN(CC(C)C)S(=O)(=O)c3ccc4c(c3)OCO4)cc2)no1. The molecule has 2 heterocycles. The molecule has 47 heavy (non-hydrogen) atoms. The quantitative estimate of drug-likeness (QED) is 0.166. The van der Waals surface area contributed by atoms with Crippen molar-refractivity contribution in [1.29, 1.82) is 0 Å². The number of fused-ring (bicyclic) bond motifs is 1. The number of sulfonamides is 1. The maximum absolute atomic E-state index is 13.7. The van der Waals surface area contributed by atoms with Gasteiger partial charge in [0.25, 0.3) is 5.89 Å². The molecule has 3 aromatic carbocycles. The molecule has 3 N–H and O–H groups in total. The molecule has 0 unspecified atom stereocenters. The summed E-state index contributed by atoms with van der Waals surface area (Å²) in [4.78, 5) is 16.0. The third-order valence-corrected chi connectivity index (χ3v) is 9.09. The lowest BCUT2D eigenvalue weighted by atomic mass is 10.0. The Kier molecular flexibility index (Phi) is 10.5. The molecule has 0 saturated heterocycles. The van der Waals surface area contributed by atoms with Gasteiger partial charge in [-0.05, 0) is 54.3 Å². The van der Waals surface area contributed by atoms with Crippen LogP contribution in [-0.4, -0.2) is 78.3 Å². The number of benzene rings is 3. The molecule has 4 aromatic rings. The van der Waals surface area contributed by atoms with Crippen LogP contribution < -0.4 is 24.3 Å². The Morgan fingerprint density at radius 2 is 1.79 bits per heavy atom. The number of amides is 1. The second-order valence-electron chi connectivity index (χ2n) is 11.2. The van der Waals surface area contributed by atoms with E-state index in [0.717, 1.165) is 4.31 Å². The van der Waals surface area contributed by atoms with Crippen LogP contribution in [0.3, 0.4) is 0 Å². The number of nitrogens with one attached hydrogen (secondary N) is 1. The van der Waals surface area contributed by atoms with Gasteiger partial charge in [-0.2, -0.15) is 9.29 Å². The third kappa shape index (κ3) is 8.30. The highest BCUT2D eigenvalue weighted by molar-refractivity contribution is 7.89. The van der Waals surface area contributed by atoms with Gasteiger partial charge >= 0.3 is 6.09 Å². The van der Waals surface area contributed by atoms with E-state index in [0.29, 0.717) is 45.8 Å². The average molecular weight is 669 g/mol. The summed E-state index contributed by atoms with van der Waals surface area (Å²) < 4.78 is 55.6. The Morgan fingerprint density at radius 3 is 2.51 bits per heavy atom. The first-order chi connectivity index (χ1) is 22.5. The van der Waals surface area contributed by atoms with Crippen molar-refractivity contribution in [1.82, 2.24) is 19.8 Å². The van der Waals surface area contributed by atoms with Crippen molar-refractivity contribution >= 4 is 16.1 Å². The Labute approximate surface area is 271 Å². The Bertz CT molecular complexity index is 1780. The molecule has 1 amide bonds. The van der Waals surface area contributed by atoms with Gasteiger partial charge < -0.3 is 39.0 Å². The van der Waals surface area contributed by atoms with Crippen LogP contribution in [0.1, 0.15) is 25.2 Å². The number of carboxylic acid groups (broad SMARTS) is 1. The summed E-state index contributed by atoms with van der Waals surface area (Å²) in [7, 11) is -2.52. The van der Waals surface area contributed by atoms with Crippen molar-refractivity contribution in [2.24, 2.45) is 5.92 Å². The van der Waals surface area contributed by atoms with E-state index in [1.807, 2.05) is 26.0 Å². The first-order valence-electron chi connectivity index (χ1n) is 14.8. The zero-order chi connectivity index (χ0) is 33.6. The van der Waals surface area contributed by atoms with Gasteiger partial charge in [-0.1, -0.05) is 43.3 Å². The van der Waals surface area contributed by atoms with Crippen LogP contribution in [0.5, 0.6) is 23.0 Å². The van der Waals surface area contributed by atoms with E-state index < -0.39 is 28.3 Å². The second kappa shape index (κ2) is 14.7. The largest absolute Gasteiger partial charge is 0.496 e. The third-order valence-electron chi connectivity index (χ3n) is 7.27. The number of aromatic nitrogens is 2. The number of aliphatic hydroxyl groups is 1. The number of carbonyl (C=O) groups is 1. The van der Waals surface area contributed by atoms with Crippen molar-refractivity contribution in [2.75, 3.05) is 27.0 Å². The molecule has 250 valence electrons. The number of hydrogen-bond donors (Lipinski definition) is 3. The molecule has 0 radical (unpaired) electrons. The maximum Gasteiger partial charge on any atom is 0.404 e. The van der Waals surface area contributed by atoms with E-state index in [9.17, 15) is 23.4 Å². The zero-order valence-electron chi connectivity index (χ0n) is 26.0. The summed E-state index contributed by atoms with van der Waals surface area (Å²) in [5, 5.41) is 27.0. The van der Waals surface area contributed by atoms with Crippen molar-refractivity contribution in [3.05, 3.63) is 78.1 Å². The summed E-state index contributed by atoms with van der Waals surface area (Å²) in [6.45, 7) is 3.48. The number of ether oxygens (including phenoxy) is 4. The molecular formula is C32H36N4O10S. The van der Waals surface area contributed by atoms with Gasteiger partial charge in [0.05, 0.1) is 29.7 Å². The molecule has 0 bridgehead atoms. The van der Waals surface area contributed by atoms with Gasteiger partial charge in [0, 0.05) is 19.2 Å². The Morgan fingerprint density at radius 1 is 1.04 bits per heavy atom. The molecule has 1 aliphatic heterocycles. The van der Waals surface area contributed by atoms with Crippen molar-refractivity contribution in [3.63, 3.8) is 0 Å². The molecule has 0 saturated carbocycles. The fourth-order valence-corrected chi connectivity index (χ4v) is 6.65. The maximum atomic E-state index is 13.7. The number of aliphatic hydroxyl groups excluding tert-OH is 1. The van der Waals surface area contributed by atoms with Gasteiger partial charge in [0.1, 0.15) is 11.5 Å². The first kappa shape index (κ1) is 33.5. The highest BCUT2D eigenvalue weighted by atomic mass is 32.2. The molecule has 15 heteroatoms. The summed E-state index contributed by atoms with van der Waals surface area (Å²) in [6, 6.07) is 17.4. The summed E-state index contributed by atoms with van der Waals surface area (Å²) in [5.74, 6) is 2.38. The fraction of sp³-hybridized carbons (Fsp3) is 0.344. The topological polar surface area (TPSA) is 183 Å². The second-order valence-corrected chi connectivity index (χ2v) is 13.1. The molecule has 5 rings (SSSR count). The van der Waals surface area contributed by atoms with Crippen molar-refractivity contribution in [3.8, 4) is 34.5 Å². The molecule has 2 atom stereocenters. The number of nitrogens with zero attached hydrogens (tertiary/aromatic N) is 3. The molecule has 0 aliphatic carbocycles. The normalized spacial score (nSPS) is 13.8. The molecule has 0 spiro atoms. The van der Waals surface area contributed by atoms with Crippen molar-refractivity contribution < 1.29 is 46.9 Å². The number of para-hydroxylation sites is 1. The predicted octanol–water partition coefficient (Wildman–Crippen LogP) is 3.94. The van der Waals surface area contributed by atoms with E-state index in [-0.39, 0.29) is 43.7 Å². The van der Waals surface area contributed by atoms with Crippen LogP contribution in [0.25, 0.3) is 11.5 Å². The van der Waals surface area contributed by atoms with E-state index in [1.165, 1.54) is 18.2 Å². The van der Waals surface area contributed by atoms with Gasteiger partial charge in [0.2, 0.25) is 22.6 Å². The lowest BCUT2D eigenvalue weighted by Gasteiger charge is -2.30. The van der Waals surface area contributed by atoms with E-state index in [2.05, 4.69) is 15.5 Å². The minimum Gasteiger partial charge on any atom is -0.496 e. The summed E-state index contributed by atoms with van der Waals surface area (Å²) in [5.41, 5.74) is 1.34. The van der Waals surface area contributed by atoms with E-state index in [4.69, 9.17) is 23.5 Å². The van der Waals surface area contributed by atoms with E-state index in [1.54, 1.807) is 43.5 Å². The zero-order valence-corrected chi connectivity index (χ0v) is 26.8. The van der Waals surface area contributed by atoms with Crippen LogP contribution in [0, 0.1) is 5.92 Å². The molecule has 1 aliphatic rings. The van der Waals surface area contributed by atoms with Crippen LogP contribution in [-0.2, 0) is 23.1 Å². The number of hydrogen-bond acceptors (Lipinski definition) is 11. The minimum absolute atomic E-state index is 0.00664. The molecule has 1 aromatic heterocycles. The van der Waals surface area contributed by atoms with Crippen LogP contribution in [0.2, 0.25) is 0 Å². The Hall–Kier alpha value is -4.86. The van der Waals surface area contributed by atoms with Crippen LogP contribution in [0.15, 0.2) is 76.1 Å². The van der Waals surface area contributed by atoms with Crippen molar-refractivity contribution in [2.45, 2.75) is 43.9 Å². The lowest BCUT2D eigenvalue weighted by Crippen LogP contribution is -2.50. The molecule has 14 nitrogen and oxygen atoms in total. The fourth-order valence-electron chi connectivity index (χ4n) is 5.01. The average Bonchev–Trinajstić information content (AvgIpc) is 3.73. The first-order valence-corrected chi connectivity index (χ1v) is 16.2. The lowest BCUT2D eigenvalue weighted by molar-refractivity contribution is 0.0980. The smallest absolute Gasteiger partial charge is 0.404 e. The summed E-state index contributed by atoms with van der Waals surface area (Å²) >= 11 is 0. The molecular weight excluding hydrogens is 632 g/mol. The highest BCUT2D eigenvalue weighted by Crippen LogP contribution is 2.35. The molecule has 0 fully saturated rings. The van der Waals surface area contributed by atoms with Gasteiger partial charge in [-0.15, -0.1) is 0 Å².